The van der Waals surface area contributed by atoms with E-state index in [9.17, 15) is 14.0 Å². The molecule has 1 unspecified atom stereocenters. The molecule has 0 heterocycles. The quantitative estimate of drug-likeness (QED) is 0.332. The predicted molar refractivity (Wildman–Crippen MR) is 151 cm³/mol. The van der Waals surface area contributed by atoms with E-state index in [0.717, 1.165) is 37.7 Å². The molecular weight excluding hydrogens is 511 g/mol. The Bertz CT molecular complexity index is 1240. The van der Waals surface area contributed by atoms with Crippen LogP contribution >= 0.6 is 0 Å². The van der Waals surface area contributed by atoms with Crippen molar-refractivity contribution in [1.29, 1.82) is 0 Å². The maximum Gasteiger partial charge on any atom is 0.261 e. The second-order valence-electron chi connectivity index (χ2n) is 10.00. The number of carbonyl (C=O) groups is 2. The van der Waals surface area contributed by atoms with Crippen LogP contribution in [0, 0.1) is 5.82 Å². The van der Waals surface area contributed by atoms with Crippen molar-refractivity contribution in [2.24, 2.45) is 0 Å². The highest BCUT2D eigenvalue weighted by molar-refractivity contribution is 5.88. The summed E-state index contributed by atoms with van der Waals surface area (Å²) in [7, 11) is 3.05. The number of amides is 2. The summed E-state index contributed by atoms with van der Waals surface area (Å²) < 4.78 is 31.3. The molecule has 7 nitrogen and oxygen atoms in total. The Labute approximate surface area is 235 Å². The molecule has 1 aliphatic rings. The van der Waals surface area contributed by atoms with E-state index in [1.54, 1.807) is 36.4 Å². The van der Waals surface area contributed by atoms with Gasteiger partial charge in [0.2, 0.25) is 5.91 Å². The number of methoxy groups -OCH3 is 2. The number of carbonyl (C=O) groups excluding carboxylic acids is 2. The first-order valence-electron chi connectivity index (χ1n) is 13.7. The van der Waals surface area contributed by atoms with Gasteiger partial charge in [-0.25, -0.2) is 4.39 Å². The predicted octanol–water partition coefficient (Wildman–Crippen LogP) is 5.31. The Morgan fingerprint density at radius 3 is 2.17 bits per heavy atom. The third-order valence-electron chi connectivity index (χ3n) is 7.21. The monoisotopic (exact) mass is 548 g/mol. The van der Waals surface area contributed by atoms with E-state index in [4.69, 9.17) is 14.2 Å². The molecule has 3 aromatic rings. The fourth-order valence-electron chi connectivity index (χ4n) is 5.00. The zero-order valence-corrected chi connectivity index (χ0v) is 23.1. The third-order valence-corrected chi connectivity index (χ3v) is 7.21. The van der Waals surface area contributed by atoms with Crippen LogP contribution in [-0.2, 0) is 22.6 Å². The SMILES string of the molecule is COc1cc(OC)cc(OCC(=O)N(Cc2ccccc2F)C(Cc2ccccc2)C(=O)NC2CCCCC2)c1. The summed E-state index contributed by atoms with van der Waals surface area (Å²) in [5.74, 6) is 0.275. The van der Waals surface area contributed by atoms with Crippen molar-refractivity contribution in [3.05, 3.63) is 89.7 Å². The fourth-order valence-corrected chi connectivity index (χ4v) is 5.00. The van der Waals surface area contributed by atoms with E-state index in [2.05, 4.69) is 5.32 Å². The summed E-state index contributed by atoms with van der Waals surface area (Å²) in [6.45, 7) is -0.432. The van der Waals surface area contributed by atoms with Crippen LogP contribution < -0.4 is 19.5 Å². The molecule has 3 aromatic carbocycles. The van der Waals surface area contributed by atoms with Crippen molar-refractivity contribution >= 4 is 11.8 Å². The van der Waals surface area contributed by atoms with Crippen LogP contribution in [0.25, 0.3) is 0 Å². The van der Waals surface area contributed by atoms with Gasteiger partial charge in [0.15, 0.2) is 6.61 Å². The molecule has 0 bridgehead atoms. The number of rotatable bonds is 12. The zero-order valence-electron chi connectivity index (χ0n) is 23.1. The van der Waals surface area contributed by atoms with Gasteiger partial charge in [-0.05, 0) is 24.5 Å². The summed E-state index contributed by atoms with van der Waals surface area (Å²) in [6.07, 6.45) is 5.38. The van der Waals surface area contributed by atoms with E-state index >= 15 is 0 Å². The Morgan fingerprint density at radius 1 is 0.900 bits per heavy atom. The molecule has 40 heavy (non-hydrogen) atoms. The summed E-state index contributed by atoms with van der Waals surface area (Å²) in [5.41, 5.74) is 1.22. The Balaban J connectivity index is 1.63. The highest BCUT2D eigenvalue weighted by Crippen LogP contribution is 2.28. The number of benzene rings is 3. The van der Waals surface area contributed by atoms with Crippen LogP contribution in [0.1, 0.15) is 43.2 Å². The summed E-state index contributed by atoms with van der Waals surface area (Å²) in [5, 5.41) is 3.18. The number of nitrogens with zero attached hydrogens (tertiary/aromatic N) is 1. The molecule has 1 fully saturated rings. The van der Waals surface area contributed by atoms with Gasteiger partial charge in [-0.3, -0.25) is 9.59 Å². The zero-order chi connectivity index (χ0) is 28.3. The standard InChI is InChI=1S/C32H37FN2O5/c1-38-26-18-27(39-2)20-28(19-26)40-22-31(36)35(21-24-13-9-10-16-29(24)33)30(17-23-11-5-3-6-12-23)32(37)34-25-14-7-4-8-15-25/h3,5-6,9-13,16,18-20,25,30H,4,7-8,14-15,17,21-22H2,1-2H3,(H,34,37). The minimum absolute atomic E-state index is 0.0606. The normalized spacial score (nSPS) is 14.2. The molecule has 8 heteroatoms. The summed E-state index contributed by atoms with van der Waals surface area (Å²) >= 11 is 0. The number of nitrogens with one attached hydrogen (secondary N) is 1. The number of halogens is 1. The highest BCUT2D eigenvalue weighted by Gasteiger charge is 2.32. The number of hydrogen-bond acceptors (Lipinski definition) is 5. The minimum Gasteiger partial charge on any atom is -0.496 e. The Morgan fingerprint density at radius 2 is 1.52 bits per heavy atom. The van der Waals surface area contributed by atoms with Crippen molar-refractivity contribution in [3.8, 4) is 17.2 Å². The largest absolute Gasteiger partial charge is 0.496 e. The molecule has 0 radical (unpaired) electrons. The fraction of sp³-hybridized carbons (Fsp3) is 0.375. The van der Waals surface area contributed by atoms with Crippen molar-refractivity contribution in [2.75, 3.05) is 20.8 Å². The van der Waals surface area contributed by atoms with Crippen molar-refractivity contribution in [2.45, 2.75) is 57.2 Å². The van der Waals surface area contributed by atoms with Gasteiger partial charge in [-0.2, -0.15) is 0 Å². The van der Waals surface area contributed by atoms with Gasteiger partial charge in [-0.15, -0.1) is 0 Å². The maximum atomic E-state index is 14.8. The second-order valence-corrected chi connectivity index (χ2v) is 10.00. The van der Waals surface area contributed by atoms with Gasteiger partial charge in [0, 0.05) is 42.8 Å². The van der Waals surface area contributed by atoms with Gasteiger partial charge in [0.25, 0.3) is 5.91 Å². The molecule has 212 valence electrons. The molecule has 1 N–H and O–H groups in total. The van der Waals surface area contributed by atoms with Crippen LogP contribution in [0.3, 0.4) is 0 Å². The van der Waals surface area contributed by atoms with E-state index in [-0.39, 0.29) is 31.5 Å². The first-order chi connectivity index (χ1) is 19.5. The van der Waals surface area contributed by atoms with Crippen LogP contribution in [0.4, 0.5) is 4.39 Å². The van der Waals surface area contributed by atoms with Crippen molar-refractivity contribution < 1.29 is 28.2 Å². The van der Waals surface area contributed by atoms with E-state index in [1.165, 1.54) is 25.2 Å². The van der Waals surface area contributed by atoms with Gasteiger partial charge >= 0.3 is 0 Å². The van der Waals surface area contributed by atoms with E-state index in [0.29, 0.717) is 22.8 Å². The lowest BCUT2D eigenvalue weighted by Gasteiger charge is -2.33. The Hall–Kier alpha value is -4.07. The molecular formula is C32H37FN2O5. The van der Waals surface area contributed by atoms with Gasteiger partial charge in [-0.1, -0.05) is 67.8 Å². The molecule has 1 aliphatic carbocycles. The highest BCUT2D eigenvalue weighted by atomic mass is 19.1. The van der Waals surface area contributed by atoms with Gasteiger partial charge in [0.1, 0.15) is 29.1 Å². The lowest BCUT2D eigenvalue weighted by atomic mass is 9.94. The third kappa shape index (κ3) is 7.97. The molecule has 1 saturated carbocycles. The topological polar surface area (TPSA) is 77.1 Å². The molecule has 0 spiro atoms. The molecule has 4 rings (SSSR count). The minimum atomic E-state index is -0.861. The molecule has 0 aromatic heterocycles. The molecule has 2 amide bonds. The molecule has 0 aliphatic heterocycles. The molecule has 0 saturated heterocycles. The molecule has 1 atom stereocenters. The first kappa shape index (κ1) is 28.9. The average Bonchev–Trinajstić information content (AvgIpc) is 2.99. The van der Waals surface area contributed by atoms with Crippen LogP contribution in [0.5, 0.6) is 17.2 Å². The number of hydrogen-bond donors (Lipinski definition) is 1. The van der Waals surface area contributed by atoms with Gasteiger partial charge in [0.05, 0.1) is 14.2 Å². The van der Waals surface area contributed by atoms with Crippen LogP contribution in [0.2, 0.25) is 0 Å². The van der Waals surface area contributed by atoms with Crippen molar-refractivity contribution in [1.82, 2.24) is 10.2 Å². The number of ether oxygens (including phenoxy) is 3. The lowest BCUT2D eigenvalue weighted by Crippen LogP contribution is -2.53. The van der Waals surface area contributed by atoms with Crippen LogP contribution in [0.15, 0.2) is 72.8 Å². The van der Waals surface area contributed by atoms with E-state index < -0.39 is 17.8 Å². The van der Waals surface area contributed by atoms with Gasteiger partial charge < -0.3 is 24.4 Å². The first-order valence-corrected chi connectivity index (χ1v) is 13.7. The lowest BCUT2D eigenvalue weighted by molar-refractivity contribution is -0.143. The van der Waals surface area contributed by atoms with Crippen LogP contribution in [-0.4, -0.2) is 49.6 Å². The summed E-state index contributed by atoms with van der Waals surface area (Å²) in [6, 6.07) is 20.0. The maximum absolute atomic E-state index is 14.8. The Kier molecular flexibility index (Phi) is 10.4. The summed E-state index contributed by atoms with van der Waals surface area (Å²) in [4.78, 5) is 29.0. The average molecular weight is 549 g/mol. The second kappa shape index (κ2) is 14.4. The van der Waals surface area contributed by atoms with Crippen molar-refractivity contribution in [3.63, 3.8) is 0 Å². The smallest absolute Gasteiger partial charge is 0.261 e. The van der Waals surface area contributed by atoms with E-state index in [1.807, 2.05) is 30.3 Å².